The van der Waals surface area contributed by atoms with Crippen molar-refractivity contribution in [1.82, 2.24) is 0 Å². The summed E-state index contributed by atoms with van der Waals surface area (Å²) in [5.74, 6) is -0.137. The van der Waals surface area contributed by atoms with Crippen LogP contribution in [0.5, 0.6) is 0 Å². The van der Waals surface area contributed by atoms with Gasteiger partial charge in [0.05, 0.1) is 0 Å². The van der Waals surface area contributed by atoms with Gasteiger partial charge in [0, 0.05) is 6.42 Å². The molecule has 0 N–H and O–H groups in total. The van der Waals surface area contributed by atoms with Crippen LogP contribution in [0.2, 0.25) is 0 Å². The molecule has 1 aromatic rings. The normalized spacial score (nSPS) is 11.8. The van der Waals surface area contributed by atoms with Crippen molar-refractivity contribution in [2.45, 2.75) is 70.4 Å². The number of hydrogen-bond donors (Lipinski definition) is 0. The van der Waals surface area contributed by atoms with Gasteiger partial charge in [0.1, 0.15) is 5.82 Å². The molecule has 0 aromatic heterocycles. The van der Waals surface area contributed by atoms with Gasteiger partial charge in [-0.2, -0.15) is 13.2 Å². The van der Waals surface area contributed by atoms with Crippen LogP contribution in [-0.2, 0) is 6.42 Å². The van der Waals surface area contributed by atoms with Crippen molar-refractivity contribution in [1.29, 1.82) is 0 Å². The van der Waals surface area contributed by atoms with Gasteiger partial charge in [0.25, 0.3) is 0 Å². The molecule has 1 rings (SSSR count). The van der Waals surface area contributed by atoms with Crippen LogP contribution in [0, 0.1) is 5.82 Å². The van der Waals surface area contributed by atoms with Crippen LogP contribution in [0.3, 0.4) is 0 Å². The van der Waals surface area contributed by atoms with Crippen molar-refractivity contribution in [2.24, 2.45) is 0 Å². The van der Waals surface area contributed by atoms with E-state index in [9.17, 15) is 17.6 Å². The fourth-order valence-electron chi connectivity index (χ4n) is 2.40. The second kappa shape index (κ2) is 9.80. The molecule has 0 atom stereocenters. The van der Waals surface area contributed by atoms with Gasteiger partial charge < -0.3 is 0 Å². The zero-order valence-corrected chi connectivity index (χ0v) is 12.4. The van der Waals surface area contributed by atoms with E-state index < -0.39 is 12.6 Å². The summed E-state index contributed by atoms with van der Waals surface area (Å²) in [4.78, 5) is 0. The lowest BCUT2D eigenvalue weighted by Crippen LogP contribution is -2.06. The average Bonchev–Trinajstić information content (AvgIpc) is 2.41. The first kappa shape index (κ1) is 18.0. The van der Waals surface area contributed by atoms with Gasteiger partial charge in [0.15, 0.2) is 0 Å². The van der Waals surface area contributed by atoms with Gasteiger partial charge in [-0.05, 0) is 30.9 Å². The number of benzene rings is 1. The summed E-state index contributed by atoms with van der Waals surface area (Å²) in [7, 11) is 0. The molecule has 0 aliphatic rings. The Bertz CT molecular complexity index is 385. The molecular weight excluding hydrogens is 280 g/mol. The number of unbranched alkanes of at least 4 members (excludes halogenated alkanes) is 7. The summed E-state index contributed by atoms with van der Waals surface area (Å²) in [5, 5.41) is 0. The van der Waals surface area contributed by atoms with E-state index in [1.807, 2.05) is 12.1 Å². The maximum absolute atomic E-state index is 13.3. The van der Waals surface area contributed by atoms with Crippen LogP contribution in [0.25, 0.3) is 0 Å². The lowest BCUT2D eigenvalue weighted by Gasteiger charge is -2.06. The Morgan fingerprint density at radius 1 is 0.714 bits per heavy atom. The van der Waals surface area contributed by atoms with Gasteiger partial charge in [-0.25, -0.2) is 4.39 Å². The predicted molar refractivity (Wildman–Crippen MR) is 77.7 cm³/mol. The fourth-order valence-corrected chi connectivity index (χ4v) is 2.40. The Balaban J connectivity index is 1.90. The van der Waals surface area contributed by atoms with E-state index >= 15 is 0 Å². The molecule has 0 nitrogen and oxygen atoms in total. The summed E-state index contributed by atoms with van der Waals surface area (Å²) in [6.07, 6.45) is 3.04. The highest BCUT2D eigenvalue weighted by atomic mass is 19.4. The Labute approximate surface area is 124 Å². The molecule has 0 fully saturated rings. The minimum atomic E-state index is -4.01. The third-order valence-corrected chi connectivity index (χ3v) is 3.61. The highest BCUT2D eigenvalue weighted by Crippen LogP contribution is 2.23. The predicted octanol–water partition coefficient (Wildman–Crippen LogP) is 6.44. The summed E-state index contributed by atoms with van der Waals surface area (Å²) in [6, 6.07) is 6.84. The Morgan fingerprint density at radius 3 is 1.81 bits per heavy atom. The molecule has 0 unspecified atom stereocenters. The zero-order chi connectivity index (χ0) is 15.6. The standard InChI is InChI=1S/C17H24F4/c18-16-13-9-8-12-15(16)11-7-5-3-1-2-4-6-10-14-17(19,20)21/h8-9,12-13H,1-7,10-11,14H2. The molecule has 0 aliphatic heterocycles. The van der Waals surface area contributed by atoms with E-state index in [1.54, 1.807) is 6.07 Å². The van der Waals surface area contributed by atoms with E-state index in [1.165, 1.54) is 6.07 Å². The van der Waals surface area contributed by atoms with Gasteiger partial charge in [-0.3, -0.25) is 0 Å². The topological polar surface area (TPSA) is 0 Å². The number of rotatable bonds is 10. The quantitative estimate of drug-likeness (QED) is 0.344. The molecule has 120 valence electrons. The van der Waals surface area contributed by atoms with Gasteiger partial charge in [-0.1, -0.05) is 56.7 Å². The highest BCUT2D eigenvalue weighted by molar-refractivity contribution is 5.17. The first-order valence-electron chi connectivity index (χ1n) is 7.79. The Kier molecular flexibility index (Phi) is 8.40. The van der Waals surface area contributed by atoms with Crippen LogP contribution in [0.15, 0.2) is 24.3 Å². The maximum Gasteiger partial charge on any atom is 0.389 e. The summed E-state index contributed by atoms with van der Waals surface area (Å²) < 4.78 is 49.1. The van der Waals surface area contributed by atoms with Crippen molar-refractivity contribution in [3.8, 4) is 0 Å². The average molecular weight is 304 g/mol. The van der Waals surface area contributed by atoms with Crippen LogP contribution in [0.4, 0.5) is 17.6 Å². The molecule has 21 heavy (non-hydrogen) atoms. The lowest BCUT2D eigenvalue weighted by atomic mass is 10.0. The van der Waals surface area contributed by atoms with E-state index in [4.69, 9.17) is 0 Å². The summed E-state index contributed by atoms with van der Waals surface area (Å²) in [5.41, 5.74) is 0.768. The van der Waals surface area contributed by atoms with Crippen LogP contribution >= 0.6 is 0 Å². The van der Waals surface area contributed by atoms with E-state index in [-0.39, 0.29) is 12.2 Å². The van der Waals surface area contributed by atoms with Gasteiger partial charge >= 0.3 is 6.18 Å². The molecule has 0 saturated heterocycles. The molecule has 0 heterocycles. The van der Waals surface area contributed by atoms with Gasteiger partial charge in [-0.15, -0.1) is 0 Å². The minimum absolute atomic E-state index is 0.137. The number of aryl methyl sites for hydroxylation is 1. The molecule has 1 aromatic carbocycles. The van der Waals surface area contributed by atoms with Crippen LogP contribution in [0.1, 0.15) is 63.4 Å². The molecule has 0 spiro atoms. The lowest BCUT2D eigenvalue weighted by molar-refractivity contribution is -0.135. The minimum Gasteiger partial charge on any atom is -0.207 e. The molecule has 0 saturated carbocycles. The maximum atomic E-state index is 13.3. The number of hydrogen-bond acceptors (Lipinski definition) is 0. The monoisotopic (exact) mass is 304 g/mol. The largest absolute Gasteiger partial charge is 0.389 e. The van der Waals surface area contributed by atoms with Crippen molar-refractivity contribution >= 4 is 0 Å². The molecule has 0 amide bonds. The van der Waals surface area contributed by atoms with E-state index in [0.29, 0.717) is 6.42 Å². The molecule has 0 aliphatic carbocycles. The molecule has 0 bridgehead atoms. The first-order valence-corrected chi connectivity index (χ1v) is 7.79. The van der Waals surface area contributed by atoms with E-state index in [0.717, 1.165) is 50.5 Å². The smallest absolute Gasteiger partial charge is 0.207 e. The molecule has 4 heteroatoms. The summed E-state index contributed by atoms with van der Waals surface area (Å²) >= 11 is 0. The SMILES string of the molecule is Fc1ccccc1CCCCCCCCCCC(F)(F)F. The Hall–Kier alpha value is -1.06. The van der Waals surface area contributed by atoms with Crippen LogP contribution < -0.4 is 0 Å². The number of alkyl halides is 3. The first-order chi connectivity index (χ1) is 9.99. The summed E-state index contributed by atoms with van der Waals surface area (Å²) in [6.45, 7) is 0. The third-order valence-electron chi connectivity index (χ3n) is 3.61. The van der Waals surface area contributed by atoms with Crippen molar-refractivity contribution in [3.63, 3.8) is 0 Å². The highest BCUT2D eigenvalue weighted by Gasteiger charge is 2.25. The second-order valence-corrected chi connectivity index (χ2v) is 5.54. The molecule has 0 radical (unpaired) electrons. The van der Waals surface area contributed by atoms with Gasteiger partial charge in [0.2, 0.25) is 0 Å². The Morgan fingerprint density at radius 2 is 1.24 bits per heavy atom. The van der Waals surface area contributed by atoms with Crippen molar-refractivity contribution < 1.29 is 17.6 Å². The fraction of sp³-hybridized carbons (Fsp3) is 0.647. The number of halogens is 4. The van der Waals surface area contributed by atoms with Crippen molar-refractivity contribution in [3.05, 3.63) is 35.6 Å². The molecular formula is C17H24F4. The van der Waals surface area contributed by atoms with Crippen molar-refractivity contribution in [2.75, 3.05) is 0 Å². The third kappa shape index (κ3) is 9.48. The second-order valence-electron chi connectivity index (χ2n) is 5.54. The zero-order valence-electron chi connectivity index (χ0n) is 12.4. The van der Waals surface area contributed by atoms with Crippen LogP contribution in [-0.4, -0.2) is 6.18 Å². The van der Waals surface area contributed by atoms with E-state index in [2.05, 4.69) is 0 Å².